The Labute approximate surface area is 144 Å². The standard InChI is InChI=1S/C17H22N6O2/c1-11(5-7-22-9-18-19-10-22)20-14-6-8-23-15-12(16(14)24)3-2-4-13(15)21-17(23)25/h2-4,9-11,14,16,20,24H,5-8H2,1H3,(H,21,25)/t11-,14-,16-/m1/s1. The second-order valence-corrected chi connectivity index (χ2v) is 6.72. The molecule has 3 heterocycles. The number of nitrogens with zero attached hydrogens (tertiary/aromatic N) is 4. The molecule has 8 heteroatoms. The molecule has 0 bridgehead atoms. The highest BCUT2D eigenvalue weighted by Gasteiger charge is 2.29. The Morgan fingerprint density at radius 2 is 2.20 bits per heavy atom. The lowest BCUT2D eigenvalue weighted by Gasteiger charge is -2.26. The Balaban J connectivity index is 1.51. The van der Waals surface area contributed by atoms with E-state index in [1.165, 1.54) is 0 Å². The third-order valence-electron chi connectivity index (χ3n) is 4.97. The van der Waals surface area contributed by atoms with Gasteiger partial charge in [0.15, 0.2) is 0 Å². The van der Waals surface area contributed by atoms with Crippen molar-refractivity contribution in [3.63, 3.8) is 0 Å². The third-order valence-corrected chi connectivity index (χ3v) is 4.97. The molecule has 1 aliphatic heterocycles. The number of para-hydroxylation sites is 1. The van der Waals surface area contributed by atoms with Crippen LogP contribution in [0.15, 0.2) is 35.6 Å². The molecule has 0 fully saturated rings. The molecule has 0 unspecified atom stereocenters. The summed E-state index contributed by atoms with van der Waals surface area (Å²) in [6.45, 7) is 3.51. The van der Waals surface area contributed by atoms with E-state index in [2.05, 4.69) is 27.4 Å². The number of H-pyrrole nitrogens is 1. The van der Waals surface area contributed by atoms with E-state index in [1.807, 2.05) is 22.8 Å². The minimum absolute atomic E-state index is 0.0965. The maximum Gasteiger partial charge on any atom is 0.326 e. The zero-order valence-electron chi connectivity index (χ0n) is 14.1. The van der Waals surface area contributed by atoms with Crippen LogP contribution in [-0.2, 0) is 13.1 Å². The molecule has 0 amide bonds. The van der Waals surface area contributed by atoms with Crippen LogP contribution in [0.25, 0.3) is 11.0 Å². The van der Waals surface area contributed by atoms with Crippen molar-refractivity contribution >= 4 is 11.0 Å². The van der Waals surface area contributed by atoms with Crippen LogP contribution in [-0.4, -0.2) is 41.5 Å². The lowest BCUT2D eigenvalue weighted by Crippen LogP contribution is -2.41. The minimum atomic E-state index is -0.648. The molecule has 4 rings (SSSR count). The fourth-order valence-electron chi connectivity index (χ4n) is 3.65. The van der Waals surface area contributed by atoms with Gasteiger partial charge in [0.05, 0.1) is 17.1 Å². The maximum atomic E-state index is 12.2. The van der Waals surface area contributed by atoms with E-state index in [0.29, 0.717) is 13.0 Å². The fraction of sp³-hybridized carbons (Fsp3) is 0.471. The number of nitrogens with one attached hydrogen (secondary N) is 2. The smallest absolute Gasteiger partial charge is 0.326 e. The zero-order chi connectivity index (χ0) is 17.4. The number of aliphatic hydroxyl groups excluding tert-OH is 1. The minimum Gasteiger partial charge on any atom is -0.387 e. The van der Waals surface area contributed by atoms with Gasteiger partial charge in [-0.2, -0.15) is 0 Å². The monoisotopic (exact) mass is 342 g/mol. The molecular formula is C17H22N6O2. The van der Waals surface area contributed by atoms with Gasteiger partial charge in [0.25, 0.3) is 0 Å². The summed E-state index contributed by atoms with van der Waals surface area (Å²) >= 11 is 0. The largest absolute Gasteiger partial charge is 0.387 e. The number of hydrogen-bond acceptors (Lipinski definition) is 5. The van der Waals surface area contributed by atoms with Crippen LogP contribution in [0.1, 0.15) is 31.4 Å². The molecule has 0 saturated heterocycles. The average Bonchev–Trinajstić information content (AvgIpc) is 3.19. The van der Waals surface area contributed by atoms with Crippen LogP contribution < -0.4 is 11.0 Å². The van der Waals surface area contributed by atoms with Gasteiger partial charge in [0.1, 0.15) is 12.7 Å². The lowest BCUT2D eigenvalue weighted by molar-refractivity contribution is 0.118. The SMILES string of the molecule is C[C@H](CCn1cnnc1)N[C@@H]1CCn2c(=O)[nH]c3cccc(c32)[C@H]1O. The molecule has 3 N–H and O–H groups in total. The number of hydrogen-bond donors (Lipinski definition) is 3. The van der Waals surface area contributed by atoms with Gasteiger partial charge in [-0.1, -0.05) is 12.1 Å². The van der Waals surface area contributed by atoms with Gasteiger partial charge in [-0.15, -0.1) is 10.2 Å². The van der Waals surface area contributed by atoms with Crippen LogP contribution in [0.2, 0.25) is 0 Å². The third kappa shape index (κ3) is 2.98. The predicted octanol–water partition coefficient (Wildman–Crippen LogP) is 0.795. The van der Waals surface area contributed by atoms with E-state index in [0.717, 1.165) is 29.6 Å². The first-order chi connectivity index (χ1) is 12.1. The first-order valence-corrected chi connectivity index (χ1v) is 8.61. The van der Waals surface area contributed by atoms with E-state index in [4.69, 9.17) is 0 Å². The molecule has 0 spiro atoms. The summed E-state index contributed by atoms with van der Waals surface area (Å²) in [7, 11) is 0. The zero-order valence-corrected chi connectivity index (χ0v) is 14.1. The second-order valence-electron chi connectivity index (χ2n) is 6.72. The molecule has 2 aromatic heterocycles. The molecule has 8 nitrogen and oxygen atoms in total. The summed E-state index contributed by atoms with van der Waals surface area (Å²) in [5.41, 5.74) is 2.29. The summed E-state index contributed by atoms with van der Waals surface area (Å²) < 4.78 is 3.67. The van der Waals surface area contributed by atoms with Crippen molar-refractivity contribution in [3.8, 4) is 0 Å². The number of rotatable bonds is 5. The number of aryl methyl sites for hydroxylation is 2. The maximum absolute atomic E-state index is 12.2. The van der Waals surface area contributed by atoms with Gasteiger partial charge in [0.2, 0.25) is 0 Å². The van der Waals surface area contributed by atoms with Crippen LogP contribution in [0.3, 0.4) is 0 Å². The summed E-state index contributed by atoms with van der Waals surface area (Å²) in [6, 6.07) is 5.77. The van der Waals surface area contributed by atoms with Crippen molar-refractivity contribution in [2.24, 2.45) is 0 Å². The van der Waals surface area contributed by atoms with Crippen molar-refractivity contribution < 1.29 is 5.11 Å². The van der Waals surface area contributed by atoms with E-state index < -0.39 is 6.10 Å². The van der Waals surface area contributed by atoms with Crippen molar-refractivity contribution in [2.45, 2.75) is 51.0 Å². The topological polar surface area (TPSA) is 101 Å². The highest BCUT2D eigenvalue weighted by Crippen LogP contribution is 2.29. The van der Waals surface area contributed by atoms with Gasteiger partial charge in [-0.05, 0) is 25.8 Å². The van der Waals surface area contributed by atoms with Crippen molar-refractivity contribution in [3.05, 3.63) is 46.9 Å². The molecular weight excluding hydrogens is 320 g/mol. The number of benzene rings is 1. The number of aromatic amines is 1. The quantitative estimate of drug-likeness (QED) is 0.637. The van der Waals surface area contributed by atoms with Crippen molar-refractivity contribution in [2.75, 3.05) is 0 Å². The molecule has 3 atom stereocenters. The van der Waals surface area contributed by atoms with Crippen molar-refractivity contribution in [1.82, 2.24) is 29.6 Å². The van der Waals surface area contributed by atoms with Gasteiger partial charge in [0, 0.05) is 30.7 Å². The summed E-state index contributed by atoms with van der Waals surface area (Å²) in [4.78, 5) is 15.0. The molecule has 0 radical (unpaired) electrons. The predicted molar refractivity (Wildman–Crippen MR) is 93.2 cm³/mol. The Bertz CT molecular complexity index is 913. The molecule has 132 valence electrons. The molecule has 25 heavy (non-hydrogen) atoms. The second kappa shape index (κ2) is 6.45. The van der Waals surface area contributed by atoms with Gasteiger partial charge >= 0.3 is 5.69 Å². The van der Waals surface area contributed by atoms with Crippen LogP contribution in [0.4, 0.5) is 0 Å². The molecule has 1 aromatic carbocycles. The summed E-state index contributed by atoms with van der Waals surface area (Å²) in [6.07, 6.45) is 4.35. The normalized spacial score (nSPS) is 21.4. The Kier molecular flexibility index (Phi) is 4.14. The number of aromatic nitrogens is 5. The van der Waals surface area contributed by atoms with Crippen LogP contribution in [0, 0.1) is 0 Å². The van der Waals surface area contributed by atoms with E-state index in [1.54, 1.807) is 17.2 Å². The first kappa shape index (κ1) is 16.0. The molecule has 0 saturated carbocycles. The first-order valence-electron chi connectivity index (χ1n) is 8.61. The van der Waals surface area contributed by atoms with Gasteiger partial charge in [-0.25, -0.2) is 4.79 Å². The van der Waals surface area contributed by atoms with Crippen LogP contribution in [0.5, 0.6) is 0 Å². The van der Waals surface area contributed by atoms with E-state index in [9.17, 15) is 9.90 Å². The molecule has 1 aliphatic rings. The summed E-state index contributed by atoms with van der Waals surface area (Å²) in [5.74, 6) is 0. The summed E-state index contributed by atoms with van der Waals surface area (Å²) in [5, 5.41) is 22.0. The van der Waals surface area contributed by atoms with Crippen molar-refractivity contribution in [1.29, 1.82) is 0 Å². The highest BCUT2D eigenvalue weighted by atomic mass is 16.3. The molecule has 3 aromatic rings. The lowest BCUT2D eigenvalue weighted by atomic mass is 9.99. The number of aliphatic hydroxyl groups is 1. The average molecular weight is 342 g/mol. The fourth-order valence-corrected chi connectivity index (χ4v) is 3.65. The Morgan fingerprint density at radius 1 is 1.40 bits per heavy atom. The van der Waals surface area contributed by atoms with E-state index >= 15 is 0 Å². The number of imidazole rings is 1. The Morgan fingerprint density at radius 3 is 3.00 bits per heavy atom. The van der Waals surface area contributed by atoms with E-state index in [-0.39, 0.29) is 17.8 Å². The van der Waals surface area contributed by atoms with Gasteiger partial charge < -0.3 is 20.0 Å². The Hall–Kier alpha value is -2.45. The van der Waals surface area contributed by atoms with Crippen LogP contribution >= 0.6 is 0 Å². The highest BCUT2D eigenvalue weighted by molar-refractivity contribution is 5.79. The van der Waals surface area contributed by atoms with Gasteiger partial charge in [-0.3, -0.25) is 4.57 Å². The molecule has 0 aliphatic carbocycles.